The standard InChI is InChI=1S/C11H24O2Si/c1-14(2,3)9-7-11-10(12)6-4-5-8-13-11/h10-12H,4-9H2,1-3H3/t10-,11-/m1/s1. The first kappa shape index (κ1) is 12.2. The lowest BCUT2D eigenvalue weighted by molar-refractivity contribution is -0.0267. The number of aliphatic hydroxyl groups excluding tert-OH is 1. The molecular weight excluding hydrogens is 192 g/mol. The van der Waals surface area contributed by atoms with Crippen LogP contribution in [0.15, 0.2) is 0 Å². The molecule has 0 aromatic heterocycles. The molecule has 0 spiro atoms. The SMILES string of the molecule is C[Si](C)(C)CC[C@H]1OCCCC[C@H]1O. The Kier molecular flexibility index (Phi) is 4.61. The zero-order chi connectivity index (χ0) is 10.6. The normalized spacial score (nSPS) is 30.0. The molecule has 1 aliphatic rings. The van der Waals surface area contributed by atoms with Crippen LogP contribution in [0.3, 0.4) is 0 Å². The Morgan fingerprint density at radius 3 is 2.64 bits per heavy atom. The molecule has 3 heteroatoms. The predicted molar refractivity (Wildman–Crippen MR) is 62.4 cm³/mol. The molecule has 0 aliphatic carbocycles. The molecular formula is C11H24O2Si. The quantitative estimate of drug-likeness (QED) is 0.735. The highest BCUT2D eigenvalue weighted by atomic mass is 28.3. The Bertz CT molecular complexity index is 165. The fourth-order valence-corrected chi connectivity index (χ4v) is 2.99. The second-order valence-electron chi connectivity index (χ2n) is 5.57. The summed E-state index contributed by atoms with van der Waals surface area (Å²) < 4.78 is 5.68. The summed E-state index contributed by atoms with van der Waals surface area (Å²) in [6.07, 6.45) is 4.11. The van der Waals surface area contributed by atoms with Crippen LogP contribution in [0.25, 0.3) is 0 Å². The molecule has 1 fully saturated rings. The maximum atomic E-state index is 9.84. The Morgan fingerprint density at radius 1 is 1.29 bits per heavy atom. The summed E-state index contributed by atoms with van der Waals surface area (Å²) in [6, 6.07) is 1.26. The van der Waals surface area contributed by atoms with Crippen molar-refractivity contribution in [2.45, 2.75) is 63.6 Å². The highest BCUT2D eigenvalue weighted by molar-refractivity contribution is 6.76. The van der Waals surface area contributed by atoms with Crippen LogP contribution in [0.4, 0.5) is 0 Å². The van der Waals surface area contributed by atoms with Gasteiger partial charge < -0.3 is 9.84 Å². The monoisotopic (exact) mass is 216 g/mol. The number of hydrogen-bond donors (Lipinski definition) is 1. The number of rotatable bonds is 3. The van der Waals surface area contributed by atoms with Gasteiger partial charge in [-0.25, -0.2) is 0 Å². The van der Waals surface area contributed by atoms with E-state index in [0.717, 1.165) is 32.3 Å². The third-order valence-electron chi connectivity index (χ3n) is 2.83. The summed E-state index contributed by atoms with van der Waals surface area (Å²) in [4.78, 5) is 0. The molecule has 0 saturated carbocycles. The van der Waals surface area contributed by atoms with Gasteiger partial charge in [0.2, 0.25) is 0 Å². The molecule has 0 bridgehead atoms. The molecule has 1 aliphatic heterocycles. The summed E-state index contributed by atoms with van der Waals surface area (Å²) in [7, 11) is -0.978. The van der Waals surface area contributed by atoms with Gasteiger partial charge in [0.05, 0.1) is 12.2 Å². The van der Waals surface area contributed by atoms with Gasteiger partial charge in [-0.2, -0.15) is 0 Å². The van der Waals surface area contributed by atoms with E-state index < -0.39 is 8.07 Å². The largest absolute Gasteiger partial charge is 0.390 e. The van der Waals surface area contributed by atoms with Crippen molar-refractivity contribution in [3.05, 3.63) is 0 Å². The van der Waals surface area contributed by atoms with Crippen molar-refractivity contribution >= 4 is 8.07 Å². The smallest absolute Gasteiger partial charge is 0.0831 e. The Labute approximate surface area is 88.7 Å². The van der Waals surface area contributed by atoms with E-state index in [1.807, 2.05) is 0 Å². The third kappa shape index (κ3) is 4.58. The molecule has 1 heterocycles. The maximum absolute atomic E-state index is 9.84. The van der Waals surface area contributed by atoms with E-state index in [0.29, 0.717) is 0 Å². The van der Waals surface area contributed by atoms with Gasteiger partial charge in [0.1, 0.15) is 0 Å². The molecule has 0 aromatic carbocycles. The maximum Gasteiger partial charge on any atom is 0.0831 e. The summed E-state index contributed by atoms with van der Waals surface area (Å²) in [5.41, 5.74) is 0. The number of ether oxygens (including phenoxy) is 1. The lowest BCUT2D eigenvalue weighted by atomic mass is 10.1. The molecule has 14 heavy (non-hydrogen) atoms. The van der Waals surface area contributed by atoms with E-state index in [9.17, 15) is 5.11 Å². The van der Waals surface area contributed by atoms with Gasteiger partial charge in [-0.3, -0.25) is 0 Å². The second-order valence-corrected chi connectivity index (χ2v) is 11.2. The van der Waals surface area contributed by atoms with Crippen LogP contribution >= 0.6 is 0 Å². The van der Waals surface area contributed by atoms with Gasteiger partial charge in [-0.15, -0.1) is 0 Å². The average molecular weight is 216 g/mol. The van der Waals surface area contributed by atoms with Crippen LogP contribution in [0.2, 0.25) is 25.7 Å². The number of aliphatic hydroxyl groups is 1. The minimum Gasteiger partial charge on any atom is -0.390 e. The van der Waals surface area contributed by atoms with Crippen LogP contribution in [-0.2, 0) is 4.74 Å². The zero-order valence-corrected chi connectivity index (χ0v) is 10.8. The van der Waals surface area contributed by atoms with Gasteiger partial charge in [-0.05, 0) is 25.7 Å². The van der Waals surface area contributed by atoms with Crippen molar-refractivity contribution in [1.82, 2.24) is 0 Å². The summed E-state index contributed by atoms with van der Waals surface area (Å²) in [5, 5.41) is 9.84. The van der Waals surface area contributed by atoms with Crippen molar-refractivity contribution < 1.29 is 9.84 Å². The van der Waals surface area contributed by atoms with E-state index in [1.54, 1.807) is 0 Å². The fraction of sp³-hybridized carbons (Fsp3) is 1.00. The van der Waals surface area contributed by atoms with Gasteiger partial charge in [-0.1, -0.05) is 25.7 Å². The van der Waals surface area contributed by atoms with Crippen molar-refractivity contribution in [1.29, 1.82) is 0 Å². The molecule has 1 N–H and O–H groups in total. The molecule has 1 saturated heterocycles. The van der Waals surface area contributed by atoms with Crippen LogP contribution in [0.5, 0.6) is 0 Å². The fourth-order valence-electron chi connectivity index (χ4n) is 1.84. The van der Waals surface area contributed by atoms with Gasteiger partial charge in [0.25, 0.3) is 0 Å². The summed E-state index contributed by atoms with van der Waals surface area (Å²) in [5.74, 6) is 0. The third-order valence-corrected chi connectivity index (χ3v) is 4.62. The molecule has 1 rings (SSSR count). The van der Waals surface area contributed by atoms with Crippen LogP contribution in [-0.4, -0.2) is 32.0 Å². The lowest BCUT2D eigenvalue weighted by Crippen LogP contribution is -2.30. The highest BCUT2D eigenvalue weighted by Gasteiger charge is 2.24. The Hall–Kier alpha value is 0.137. The topological polar surface area (TPSA) is 29.5 Å². The van der Waals surface area contributed by atoms with Crippen molar-refractivity contribution in [2.75, 3.05) is 6.61 Å². The second kappa shape index (κ2) is 5.28. The van der Waals surface area contributed by atoms with Crippen molar-refractivity contribution in [2.24, 2.45) is 0 Å². The first-order valence-corrected chi connectivity index (χ1v) is 9.49. The molecule has 2 atom stereocenters. The van der Waals surface area contributed by atoms with E-state index >= 15 is 0 Å². The number of hydrogen-bond acceptors (Lipinski definition) is 2. The molecule has 0 unspecified atom stereocenters. The first-order chi connectivity index (χ1) is 6.49. The first-order valence-electron chi connectivity index (χ1n) is 5.79. The Balaban J connectivity index is 2.33. The van der Waals surface area contributed by atoms with Crippen LogP contribution < -0.4 is 0 Å². The van der Waals surface area contributed by atoms with E-state index in [-0.39, 0.29) is 12.2 Å². The summed E-state index contributed by atoms with van der Waals surface area (Å²) >= 11 is 0. The van der Waals surface area contributed by atoms with E-state index in [1.165, 1.54) is 6.04 Å². The van der Waals surface area contributed by atoms with Crippen molar-refractivity contribution in [3.8, 4) is 0 Å². The molecule has 84 valence electrons. The van der Waals surface area contributed by atoms with Gasteiger partial charge in [0, 0.05) is 14.7 Å². The molecule has 0 radical (unpaired) electrons. The lowest BCUT2D eigenvalue weighted by Gasteiger charge is -2.24. The van der Waals surface area contributed by atoms with Crippen LogP contribution in [0, 0.1) is 0 Å². The van der Waals surface area contributed by atoms with Gasteiger partial charge >= 0.3 is 0 Å². The van der Waals surface area contributed by atoms with E-state index in [2.05, 4.69) is 19.6 Å². The molecule has 0 amide bonds. The molecule has 0 aromatic rings. The minimum atomic E-state index is -0.978. The van der Waals surface area contributed by atoms with Crippen LogP contribution in [0.1, 0.15) is 25.7 Å². The zero-order valence-electron chi connectivity index (χ0n) is 9.75. The van der Waals surface area contributed by atoms with E-state index in [4.69, 9.17) is 4.74 Å². The summed E-state index contributed by atoms with van der Waals surface area (Å²) in [6.45, 7) is 7.95. The average Bonchev–Trinajstić information content (AvgIpc) is 2.25. The van der Waals surface area contributed by atoms with Crippen molar-refractivity contribution in [3.63, 3.8) is 0 Å². The molecule has 2 nitrogen and oxygen atoms in total. The highest BCUT2D eigenvalue weighted by Crippen LogP contribution is 2.21. The predicted octanol–water partition coefficient (Wildman–Crippen LogP) is 2.64. The van der Waals surface area contributed by atoms with Gasteiger partial charge in [0.15, 0.2) is 0 Å². The Morgan fingerprint density at radius 2 is 2.00 bits per heavy atom. The minimum absolute atomic E-state index is 0.115.